The van der Waals surface area contributed by atoms with Gasteiger partial charge in [-0.3, -0.25) is 9.59 Å². The van der Waals surface area contributed by atoms with Crippen LogP contribution in [0.25, 0.3) is 0 Å². The minimum Gasteiger partial charge on any atom is -0.466 e. The number of amides is 1. The van der Waals surface area contributed by atoms with E-state index >= 15 is 0 Å². The number of unbranched alkanes of at least 4 members (excludes halogenated alkanes) is 59. The number of ether oxygens (including phenoxy) is 1. The highest BCUT2D eigenvalue weighted by Gasteiger charge is 2.20. The summed E-state index contributed by atoms with van der Waals surface area (Å²) in [4.78, 5) is 24.6. The molecule has 6 heteroatoms. The summed E-state index contributed by atoms with van der Waals surface area (Å²) in [5, 5.41) is 23.4. The fraction of sp³-hybridized carbons (Fsp3) is 0.924. The Morgan fingerprint density at radius 2 is 0.588 bits per heavy atom. The minimum absolute atomic E-state index is 0.0100. The zero-order valence-electron chi connectivity index (χ0n) is 57.9. The molecular weight excluding hydrogens is 1040 g/mol. The van der Waals surface area contributed by atoms with Crippen molar-refractivity contribution in [1.82, 2.24) is 5.32 Å². The van der Waals surface area contributed by atoms with E-state index in [0.717, 1.165) is 51.4 Å². The summed E-state index contributed by atoms with van der Waals surface area (Å²) in [7, 11) is 0. The molecule has 1 amide bonds. The number of nitrogens with one attached hydrogen (secondary N) is 1. The van der Waals surface area contributed by atoms with E-state index in [1.807, 2.05) is 0 Å². The maximum atomic E-state index is 12.5. The van der Waals surface area contributed by atoms with Gasteiger partial charge in [-0.2, -0.15) is 0 Å². The molecule has 0 aromatic heterocycles. The molecule has 0 aliphatic rings. The molecule has 0 aromatic rings. The molecule has 0 radical (unpaired) electrons. The second kappa shape index (κ2) is 74.8. The minimum atomic E-state index is -0.660. The Hall–Kier alpha value is -1.66. The van der Waals surface area contributed by atoms with Gasteiger partial charge in [0.2, 0.25) is 5.91 Å². The van der Waals surface area contributed by atoms with Gasteiger partial charge in [0, 0.05) is 12.8 Å². The monoisotopic (exact) mass is 1200 g/mol. The molecule has 6 nitrogen and oxygen atoms in total. The molecule has 0 saturated carbocycles. The highest BCUT2D eigenvalue weighted by Crippen LogP contribution is 2.20. The van der Waals surface area contributed by atoms with E-state index in [-0.39, 0.29) is 18.5 Å². The van der Waals surface area contributed by atoms with E-state index in [0.29, 0.717) is 25.9 Å². The van der Waals surface area contributed by atoms with Crippen LogP contribution in [0.2, 0.25) is 0 Å². The first-order valence-corrected chi connectivity index (χ1v) is 39.1. The molecule has 85 heavy (non-hydrogen) atoms. The van der Waals surface area contributed by atoms with Crippen LogP contribution in [0.4, 0.5) is 0 Å². The topological polar surface area (TPSA) is 95.9 Å². The van der Waals surface area contributed by atoms with Crippen molar-refractivity contribution in [2.45, 2.75) is 456 Å². The summed E-state index contributed by atoms with van der Waals surface area (Å²) in [6.45, 7) is 4.97. The van der Waals surface area contributed by atoms with Gasteiger partial charge in [-0.15, -0.1) is 0 Å². The highest BCUT2D eigenvalue weighted by molar-refractivity contribution is 5.76. The van der Waals surface area contributed by atoms with Crippen LogP contribution in [0.1, 0.15) is 444 Å². The summed E-state index contributed by atoms with van der Waals surface area (Å²) in [6.07, 6.45) is 95.6. The number of aliphatic hydroxyl groups is 2. The average molecular weight is 1200 g/mol. The third-order valence-electron chi connectivity index (χ3n) is 18.5. The fourth-order valence-corrected chi connectivity index (χ4v) is 12.6. The molecule has 0 saturated heterocycles. The van der Waals surface area contributed by atoms with Crippen LogP contribution >= 0.6 is 0 Å². The zero-order chi connectivity index (χ0) is 61.3. The van der Waals surface area contributed by atoms with E-state index in [1.54, 1.807) is 0 Å². The molecule has 0 heterocycles. The molecule has 504 valence electrons. The van der Waals surface area contributed by atoms with E-state index in [9.17, 15) is 19.8 Å². The second-order valence-electron chi connectivity index (χ2n) is 27.0. The number of hydrogen-bond donors (Lipinski definition) is 3. The highest BCUT2D eigenvalue weighted by atomic mass is 16.5. The van der Waals surface area contributed by atoms with Gasteiger partial charge in [-0.05, 0) is 57.8 Å². The molecular formula is C79H153NO5. The van der Waals surface area contributed by atoms with Crippen LogP contribution in [-0.4, -0.2) is 47.4 Å². The number of allylic oxidation sites excluding steroid dienone is 4. The Morgan fingerprint density at radius 3 is 0.918 bits per heavy atom. The molecule has 3 N–H and O–H groups in total. The lowest BCUT2D eigenvalue weighted by Gasteiger charge is -2.22. The number of esters is 1. The molecule has 0 aliphatic heterocycles. The Morgan fingerprint density at radius 1 is 0.329 bits per heavy atom. The van der Waals surface area contributed by atoms with E-state index in [4.69, 9.17) is 4.74 Å². The van der Waals surface area contributed by atoms with E-state index in [1.165, 1.54) is 360 Å². The molecule has 0 rings (SSSR count). The van der Waals surface area contributed by atoms with Crippen molar-refractivity contribution in [3.05, 3.63) is 24.3 Å². The van der Waals surface area contributed by atoms with Crippen molar-refractivity contribution in [2.24, 2.45) is 0 Å². The smallest absolute Gasteiger partial charge is 0.305 e. The van der Waals surface area contributed by atoms with Crippen molar-refractivity contribution in [3.8, 4) is 0 Å². The molecule has 2 unspecified atom stereocenters. The first-order chi connectivity index (χ1) is 42.0. The van der Waals surface area contributed by atoms with Gasteiger partial charge in [0.25, 0.3) is 0 Å². The Kier molecular flexibility index (Phi) is 73.3. The van der Waals surface area contributed by atoms with Crippen molar-refractivity contribution < 1.29 is 24.5 Å². The summed E-state index contributed by atoms with van der Waals surface area (Å²) in [5.41, 5.74) is 0. The number of aliphatic hydroxyl groups excluding tert-OH is 2. The lowest BCUT2D eigenvalue weighted by atomic mass is 10.0. The predicted octanol–water partition coefficient (Wildman–Crippen LogP) is 25.7. The number of carbonyl (C=O) groups is 2. The lowest BCUT2D eigenvalue weighted by molar-refractivity contribution is -0.143. The van der Waals surface area contributed by atoms with Gasteiger partial charge in [-0.25, -0.2) is 0 Å². The van der Waals surface area contributed by atoms with Gasteiger partial charge < -0.3 is 20.3 Å². The van der Waals surface area contributed by atoms with Crippen LogP contribution in [0.3, 0.4) is 0 Å². The maximum absolute atomic E-state index is 12.5. The summed E-state index contributed by atoms with van der Waals surface area (Å²) < 4.78 is 5.49. The lowest BCUT2D eigenvalue weighted by Crippen LogP contribution is -2.45. The van der Waals surface area contributed by atoms with Crippen molar-refractivity contribution in [2.75, 3.05) is 13.2 Å². The largest absolute Gasteiger partial charge is 0.466 e. The van der Waals surface area contributed by atoms with Crippen LogP contribution in [0.15, 0.2) is 24.3 Å². The van der Waals surface area contributed by atoms with Crippen LogP contribution in [0, 0.1) is 0 Å². The van der Waals surface area contributed by atoms with Gasteiger partial charge >= 0.3 is 5.97 Å². The standard InChI is InChI=1S/C79H153NO5/c1-3-5-7-9-11-13-15-17-19-44-47-51-55-59-63-67-71-77(82)76(75-81)80-78(83)72-68-64-60-56-52-48-45-41-39-37-35-33-31-29-27-25-23-21-20-22-24-26-28-30-32-34-36-38-40-42-46-50-54-58-62-66-70-74-85-79(84)73-69-65-61-57-53-49-43-18-16-14-12-10-8-6-4-2/h12,14,18,43,76-77,81-82H,3-11,13,15-17,19-42,44-75H2,1-2H3,(H,80,83)/b14-12-,43-18-. The average Bonchev–Trinajstić information content (AvgIpc) is 3.51. The van der Waals surface area contributed by atoms with Gasteiger partial charge in [-0.1, -0.05) is 398 Å². The van der Waals surface area contributed by atoms with Gasteiger partial charge in [0.15, 0.2) is 0 Å². The quantitative estimate of drug-likeness (QED) is 0.0320. The third kappa shape index (κ3) is 71.3. The van der Waals surface area contributed by atoms with Crippen molar-refractivity contribution in [3.63, 3.8) is 0 Å². The maximum Gasteiger partial charge on any atom is 0.305 e. The molecule has 0 aromatic carbocycles. The van der Waals surface area contributed by atoms with Crippen LogP contribution < -0.4 is 5.32 Å². The van der Waals surface area contributed by atoms with Crippen molar-refractivity contribution >= 4 is 11.9 Å². The Labute approximate surface area is 532 Å². The fourth-order valence-electron chi connectivity index (χ4n) is 12.6. The number of carbonyl (C=O) groups excluding carboxylic acids is 2. The van der Waals surface area contributed by atoms with Gasteiger partial charge in [0.05, 0.1) is 25.4 Å². The third-order valence-corrected chi connectivity index (χ3v) is 18.5. The summed E-state index contributed by atoms with van der Waals surface area (Å²) in [6, 6.07) is -0.537. The van der Waals surface area contributed by atoms with Gasteiger partial charge in [0.1, 0.15) is 0 Å². The first kappa shape index (κ1) is 83.3. The van der Waals surface area contributed by atoms with Crippen LogP contribution in [0.5, 0.6) is 0 Å². The predicted molar refractivity (Wildman–Crippen MR) is 375 cm³/mol. The normalized spacial score (nSPS) is 12.6. The zero-order valence-corrected chi connectivity index (χ0v) is 57.9. The molecule has 0 fully saturated rings. The Bertz CT molecular complexity index is 1330. The molecule has 0 spiro atoms. The Balaban J connectivity index is 3.29. The first-order valence-electron chi connectivity index (χ1n) is 39.1. The number of rotatable bonds is 74. The summed E-state index contributed by atoms with van der Waals surface area (Å²) >= 11 is 0. The van der Waals surface area contributed by atoms with Crippen molar-refractivity contribution in [1.29, 1.82) is 0 Å². The van der Waals surface area contributed by atoms with E-state index < -0.39 is 12.1 Å². The molecule has 2 atom stereocenters. The number of hydrogen-bond acceptors (Lipinski definition) is 5. The SMILES string of the molecule is CCCCC/C=C\C/C=C\CCCCCCCC(=O)OCCCCCCCCCCCCCCCCCCCCCCCCCCCCCCCCCCCCCCCC(=O)NC(CO)C(O)CCCCCCCCCCCCCCCCCC. The molecule has 0 aliphatic carbocycles. The summed E-state index contributed by atoms with van der Waals surface area (Å²) in [5.74, 6) is -0.0153. The van der Waals surface area contributed by atoms with Crippen LogP contribution in [-0.2, 0) is 14.3 Å². The second-order valence-corrected chi connectivity index (χ2v) is 27.0. The van der Waals surface area contributed by atoms with E-state index in [2.05, 4.69) is 43.5 Å². The molecule has 0 bridgehead atoms.